The number of rotatable bonds is 4. The monoisotopic (exact) mass is 299 g/mol. The number of hydrogen-bond acceptors (Lipinski definition) is 4. The maximum Gasteiger partial charge on any atom is 0.319 e. The van der Waals surface area contributed by atoms with Crippen molar-refractivity contribution >= 4 is 11.7 Å². The number of nitrogens with zero attached hydrogens (tertiary/aromatic N) is 3. The molecule has 2 atom stereocenters. The van der Waals surface area contributed by atoms with E-state index < -0.39 is 0 Å². The summed E-state index contributed by atoms with van der Waals surface area (Å²) in [7, 11) is 0. The first kappa shape index (κ1) is 14.3. The van der Waals surface area contributed by atoms with Crippen LogP contribution in [0.15, 0.2) is 48.9 Å². The molecule has 1 aliphatic carbocycles. The van der Waals surface area contributed by atoms with Crippen molar-refractivity contribution in [2.24, 2.45) is 5.92 Å². The zero-order valence-corrected chi connectivity index (χ0v) is 11.9. The van der Waals surface area contributed by atoms with Crippen molar-refractivity contribution in [3.05, 3.63) is 48.9 Å². The average Bonchev–Trinajstić information content (AvgIpc) is 3.17. The van der Waals surface area contributed by atoms with E-state index in [-0.39, 0.29) is 24.6 Å². The second-order valence-electron chi connectivity index (χ2n) is 5.13. The van der Waals surface area contributed by atoms with E-state index in [1.165, 1.54) is 0 Å². The Hall–Kier alpha value is -2.67. The molecule has 22 heavy (non-hydrogen) atoms. The molecule has 0 saturated carbocycles. The normalized spacial score (nSPS) is 20.0. The van der Waals surface area contributed by atoms with Crippen LogP contribution in [-0.2, 0) is 0 Å². The molecule has 7 heteroatoms. The van der Waals surface area contributed by atoms with Crippen molar-refractivity contribution < 1.29 is 9.90 Å². The number of hydrogen-bond donors (Lipinski definition) is 3. The molecule has 0 aromatic carbocycles. The summed E-state index contributed by atoms with van der Waals surface area (Å²) in [5.74, 6) is 0.803. The third kappa shape index (κ3) is 3.32. The van der Waals surface area contributed by atoms with Gasteiger partial charge in [0.1, 0.15) is 0 Å². The van der Waals surface area contributed by atoms with Crippen LogP contribution in [-0.4, -0.2) is 38.6 Å². The van der Waals surface area contributed by atoms with Crippen LogP contribution in [0, 0.1) is 5.92 Å². The number of amides is 2. The number of nitrogens with one attached hydrogen (secondary N) is 2. The van der Waals surface area contributed by atoms with Crippen LogP contribution < -0.4 is 10.6 Å². The van der Waals surface area contributed by atoms with Crippen LogP contribution in [0.5, 0.6) is 0 Å². The number of aliphatic hydroxyl groups excluding tert-OH is 1. The zero-order chi connectivity index (χ0) is 15.4. The Morgan fingerprint density at radius 2 is 2.32 bits per heavy atom. The second-order valence-corrected chi connectivity index (χ2v) is 5.13. The van der Waals surface area contributed by atoms with Crippen molar-refractivity contribution in [1.29, 1.82) is 0 Å². The second kappa shape index (κ2) is 6.40. The van der Waals surface area contributed by atoms with Gasteiger partial charge in [-0.1, -0.05) is 18.2 Å². The first-order chi connectivity index (χ1) is 10.7. The molecule has 0 unspecified atom stereocenters. The van der Waals surface area contributed by atoms with Gasteiger partial charge in [-0.2, -0.15) is 5.10 Å². The van der Waals surface area contributed by atoms with Crippen molar-refractivity contribution in [2.75, 3.05) is 11.9 Å². The van der Waals surface area contributed by atoms with E-state index in [2.05, 4.69) is 20.7 Å². The van der Waals surface area contributed by atoms with E-state index in [1.807, 2.05) is 30.4 Å². The molecule has 3 N–H and O–H groups in total. The molecule has 0 saturated heterocycles. The van der Waals surface area contributed by atoms with E-state index in [4.69, 9.17) is 5.11 Å². The number of aliphatic hydroxyl groups is 1. The third-order valence-electron chi connectivity index (χ3n) is 3.45. The van der Waals surface area contributed by atoms with E-state index in [1.54, 1.807) is 23.3 Å². The summed E-state index contributed by atoms with van der Waals surface area (Å²) in [4.78, 5) is 16.1. The lowest BCUT2D eigenvalue weighted by Crippen LogP contribution is -2.36. The Balaban J connectivity index is 1.56. The third-order valence-corrected chi connectivity index (χ3v) is 3.45. The number of carbonyl (C=O) groups is 1. The SMILES string of the molecule is O=C(Nc1cnn(-c2ccccn2)c1)N[C@@H]1C=C[C@H](CO)C1. The van der Waals surface area contributed by atoms with Crippen LogP contribution in [0.1, 0.15) is 6.42 Å². The van der Waals surface area contributed by atoms with Gasteiger partial charge in [0.2, 0.25) is 0 Å². The van der Waals surface area contributed by atoms with Gasteiger partial charge >= 0.3 is 6.03 Å². The van der Waals surface area contributed by atoms with Crippen molar-refractivity contribution in [1.82, 2.24) is 20.1 Å². The fourth-order valence-corrected chi connectivity index (χ4v) is 2.35. The van der Waals surface area contributed by atoms with Crippen molar-refractivity contribution in [3.63, 3.8) is 0 Å². The molecule has 2 amide bonds. The number of urea groups is 1. The summed E-state index contributed by atoms with van der Waals surface area (Å²) in [6.45, 7) is 0.104. The number of pyridine rings is 1. The van der Waals surface area contributed by atoms with Crippen LogP contribution >= 0.6 is 0 Å². The highest BCUT2D eigenvalue weighted by Gasteiger charge is 2.19. The van der Waals surface area contributed by atoms with Crippen LogP contribution in [0.25, 0.3) is 5.82 Å². The molecular formula is C15H17N5O2. The van der Waals surface area contributed by atoms with Gasteiger partial charge in [-0.15, -0.1) is 0 Å². The smallest absolute Gasteiger partial charge is 0.319 e. The van der Waals surface area contributed by atoms with Gasteiger partial charge in [0.15, 0.2) is 5.82 Å². The average molecular weight is 299 g/mol. The van der Waals surface area contributed by atoms with E-state index in [9.17, 15) is 4.79 Å². The quantitative estimate of drug-likeness (QED) is 0.743. The lowest BCUT2D eigenvalue weighted by atomic mass is 10.1. The molecule has 2 aromatic heterocycles. The molecule has 7 nitrogen and oxygen atoms in total. The summed E-state index contributed by atoms with van der Waals surface area (Å²) in [5, 5.41) is 18.8. The topological polar surface area (TPSA) is 92.1 Å². The standard InChI is InChI=1S/C15H17N5O2/c21-10-11-4-5-12(7-11)18-15(22)19-13-8-17-20(9-13)14-3-1-2-6-16-14/h1-6,8-9,11-12,21H,7,10H2,(H2,18,19,22)/t11-,12+/m0/s1. The van der Waals surface area contributed by atoms with Crippen LogP contribution in [0.3, 0.4) is 0 Å². The Bertz CT molecular complexity index is 668. The van der Waals surface area contributed by atoms with Gasteiger partial charge in [-0.3, -0.25) is 0 Å². The Labute approximate surface area is 127 Å². The minimum absolute atomic E-state index is 0.0528. The van der Waals surface area contributed by atoms with Crippen LogP contribution in [0.4, 0.5) is 10.5 Å². The number of carbonyl (C=O) groups excluding carboxylic acids is 1. The Kier molecular flexibility index (Phi) is 4.15. The highest BCUT2D eigenvalue weighted by Crippen LogP contribution is 2.17. The van der Waals surface area contributed by atoms with Gasteiger partial charge < -0.3 is 15.7 Å². The maximum atomic E-state index is 11.9. The van der Waals surface area contributed by atoms with E-state index in [0.717, 1.165) is 6.42 Å². The molecule has 1 aliphatic rings. The molecule has 2 aromatic rings. The summed E-state index contributed by atoms with van der Waals surface area (Å²) in [6, 6.07) is 5.18. The molecule has 0 fully saturated rings. The van der Waals surface area contributed by atoms with Gasteiger partial charge in [0.05, 0.1) is 18.1 Å². The predicted octanol–water partition coefficient (Wildman–Crippen LogP) is 1.33. The first-order valence-electron chi connectivity index (χ1n) is 7.07. The minimum Gasteiger partial charge on any atom is -0.396 e. The minimum atomic E-state index is -0.297. The zero-order valence-electron chi connectivity index (χ0n) is 11.9. The molecule has 2 heterocycles. The summed E-state index contributed by atoms with van der Waals surface area (Å²) in [6.07, 6.45) is 9.48. The maximum absolute atomic E-state index is 11.9. The number of aromatic nitrogens is 3. The molecule has 0 spiro atoms. The largest absolute Gasteiger partial charge is 0.396 e. The molecule has 3 rings (SSSR count). The summed E-state index contributed by atoms with van der Waals surface area (Å²) in [5.41, 5.74) is 0.587. The van der Waals surface area contributed by atoms with Crippen molar-refractivity contribution in [3.8, 4) is 5.82 Å². The van der Waals surface area contributed by atoms with E-state index >= 15 is 0 Å². The lowest BCUT2D eigenvalue weighted by molar-refractivity contribution is 0.238. The highest BCUT2D eigenvalue weighted by molar-refractivity contribution is 5.89. The molecule has 0 aliphatic heterocycles. The molecule has 114 valence electrons. The van der Waals surface area contributed by atoms with Gasteiger partial charge in [-0.05, 0) is 18.6 Å². The summed E-state index contributed by atoms with van der Waals surface area (Å²) < 4.78 is 1.59. The molecular weight excluding hydrogens is 282 g/mol. The molecule has 0 bridgehead atoms. The van der Waals surface area contributed by atoms with Gasteiger partial charge in [0, 0.05) is 24.8 Å². The summed E-state index contributed by atoms with van der Waals surface area (Å²) >= 11 is 0. The fourth-order valence-electron chi connectivity index (χ4n) is 2.35. The van der Waals surface area contributed by atoms with Crippen molar-refractivity contribution in [2.45, 2.75) is 12.5 Å². The van der Waals surface area contributed by atoms with E-state index in [0.29, 0.717) is 11.5 Å². The van der Waals surface area contributed by atoms with Gasteiger partial charge in [0.25, 0.3) is 0 Å². The Morgan fingerprint density at radius 3 is 3.05 bits per heavy atom. The van der Waals surface area contributed by atoms with Gasteiger partial charge in [-0.25, -0.2) is 14.5 Å². The van der Waals surface area contributed by atoms with Crippen LogP contribution in [0.2, 0.25) is 0 Å². The fraction of sp³-hybridized carbons (Fsp3) is 0.267. The number of anilines is 1. The predicted molar refractivity (Wildman–Crippen MR) is 81.6 cm³/mol. The lowest BCUT2D eigenvalue weighted by Gasteiger charge is -2.12. The Morgan fingerprint density at radius 1 is 1.41 bits per heavy atom. The molecule has 0 radical (unpaired) electrons. The highest BCUT2D eigenvalue weighted by atomic mass is 16.3. The first-order valence-corrected chi connectivity index (χ1v) is 7.07.